The first-order chi connectivity index (χ1) is 13.1. The predicted molar refractivity (Wildman–Crippen MR) is 107 cm³/mol. The minimum absolute atomic E-state index is 0. The van der Waals surface area contributed by atoms with E-state index in [4.69, 9.17) is 9.47 Å². The third-order valence-corrected chi connectivity index (χ3v) is 5.76. The van der Waals surface area contributed by atoms with Crippen LogP contribution in [0.5, 0.6) is 11.5 Å². The van der Waals surface area contributed by atoms with Crippen molar-refractivity contribution in [3.8, 4) is 11.5 Å². The lowest BCUT2D eigenvalue weighted by molar-refractivity contribution is -0.140. The lowest BCUT2D eigenvalue weighted by Gasteiger charge is -2.41. The van der Waals surface area contributed by atoms with Crippen molar-refractivity contribution in [2.75, 3.05) is 6.79 Å². The number of fused-ring (bicyclic) bond motifs is 4. The summed E-state index contributed by atoms with van der Waals surface area (Å²) < 4.78 is 11.0. The van der Waals surface area contributed by atoms with Gasteiger partial charge in [0.1, 0.15) is 6.04 Å². The molecule has 0 saturated carbocycles. The number of aromatic amines is 1. The van der Waals surface area contributed by atoms with Gasteiger partial charge in [-0.1, -0.05) is 31.2 Å². The summed E-state index contributed by atoms with van der Waals surface area (Å²) in [5, 5.41) is 14.3. The quantitative estimate of drug-likeness (QED) is 0.626. The average Bonchev–Trinajstić information content (AvgIpc) is 3.31. The summed E-state index contributed by atoms with van der Waals surface area (Å²) >= 11 is 0. The van der Waals surface area contributed by atoms with Gasteiger partial charge in [0.15, 0.2) is 11.5 Å². The van der Waals surface area contributed by atoms with E-state index in [0.29, 0.717) is 24.3 Å². The minimum atomic E-state index is -0.843. The Kier molecular flexibility index (Phi) is 4.48. The lowest BCUT2D eigenvalue weighted by atomic mass is 9.77. The number of ether oxygens (including phenoxy) is 2. The molecule has 3 heterocycles. The van der Waals surface area contributed by atoms with Gasteiger partial charge in [-0.3, -0.25) is 10.1 Å². The normalized spacial score (nSPS) is 22.5. The Balaban J connectivity index is 0.00000192. The Bertz CT molecular complexity index is 1060. The summed E-state index contributed by atoms with van der Waals surface area (Å²) in [6.07, 6.45) is 1.14. The van der Waals surface area contributed by atoms with E-state index in [9.17, 15) is 9.90 Å². The molecule has 0 fully saturated rings. The number of carboxylic acid groups (broad SMARTS) is 1. The van der Waals surface area contributed by atoms with Gasteiger partial charge in [0.25, 0.3) is 0 Å². The molecule has 28 heavy (non-hydrogen) atoms. The Hall–Kier alpha value is -2.70. The van der Waals surface area contributed by atoms with Crippen molar-refractivity contribution in [2.45, 2.75) is 31.3 Å². The standard InChI is InChI=1S/C21H20N2O4.ClH/c1-2-21(12-7-8-17-18(9-12)27-11-26-17)19-14(10-16(23-21)20(24)25)13-5-3-4-6-15(13)22-19;/h3-9,16,22-23H,2,10-11H2,1H3,(H,24,25);1H/t16-,21-;/m1./s1. The Morgan fingerprint density at radius 3 is 2.79 bits per heavy atom. The molecule has 0 radical (unpaired) electrons. The van der Waals surface area contributed by atoms with E-state index in [2.05, 4.69) is 23.3 Å². The largest absolute Gasteiger partial charge is 0.480 e. The van der Waals surface area contributed by atoms with Crippen LogP contribution in [-0.4, -0.2) is 28.9 Å². The van der Waals surface area contributed by atoms with Crippen LogP contribution in [0.4, 0.5) is 0 Å². The zero-order valence-corrected chi connectivity index (χ0v) is 16.1. The number of halogens is 1. The highest BCUT2D eigenvalue weighted by molar-refractivity contribution is 5.87. The molecule has 2 aliphatic heterocycles. The summed E-state index contributed by atoms with van der Waals surface area (Å²) in [6.45, 7) is 2.28. The SMILES string of the molecule is CC[C@]1(c2ccc3c(c2)OCO3)N[C@@H](C(=O)O)Cc2c1[nH]c1ccccc21.Cl. The molecular weight excluding hydrogens is 380 g/mol. The Morgan fingerprint density at radius 1 is 1.21 bits per heavy atom. The van der Waals surface area contributed by atoms with Gasteiger partial charge in [-0.05, 0) is 35.7 Å². The van der Waals surface area contributed by atoms with E-state index in [1.165, 1.54) is 0 Å². The molecule has 2 aliphatic rings. The van der Waals surface area contributed by atoms with Gasteiger partial charge in [0.05, 0.1) is 5.54 Å². The van der Waals surface area contributed by atoms with Crippen LogP contribution < -0.4 is 14.8 Å². The molecule has 5 rings (SSSR count). The molecule has 0 saturated heterocycles. The number of aromatic nitrogens is 1. The number of carbonyl (C=O) groups is 1. The van der Waals surface area contributed by atoms with Gasteiger partial charge in [0.2, 0.25) is 6.79 Å². The highest BCUT2D eigenvalue weighted by atomic mass is 35.5. The monoisotopic (exact) mass is 400 g/mol. The van der Waals surface area contributed by atoms with Gasteiger partial charge in [-0.2, -0.15) is 0 Å². The maximum atomic E-state index is 11.9. The van der Waals surface area contributed by atoms with Crippen LogP contribution >= 0.6 is 12.4 Å². The van der Waals surface area contributed by atoms with Crippen molar-refractivity contribution < 1.29 is 19.4 Å². The lowest BCUT2D eigenvalue weighted by Crippen LogP contribution is -2.56. The predicted octanol–water partition coefficient (Wildman–Crippen LogP) is 3.57. The van der Waals surface area contributed by atoms with Crippen molar-refractivity contribution in [3.63, 3.8) is 0 Å². The van der Waals surface area contributed by atoms with Gasteiger partial charge in [-0.25, -0.2) is 0 Å². The average molecular weight is 401 g/mol. The summed E-state index contributed by atoms with van der Waals surface area (Å²) in [5.41, 5.74) is 3.44. The number of carboxylic acids is 1. The molecule has 3 N–H and O–H groups in total. The number of benzene rings is 2. The zero-order valence-electron chi connectivity index (χ0n) is 15.3. The molecule has 1 aromatic heterocycles. The van der Waals surface area contributed by atoms with Crippen molar-refractivity contribution in [2.24, 2.45) is 0 Å². The van der Waals surface area contributed by atoms with E-state index >= 15 is 0 Å². The van der Waals surface area contributed by atoms with Crippen LogP contribution in [0.3, 0.4) is 0 Å². The summed E-state index contributed by atoms with van der Waals surface area (Å²) in [6, 6.07) is 13.2. The van der Waals surface area contributed by atoms with E-state index in [0.717, 1.165) is 27.7 Å². The van der Waals surface area contributed by atoms with Crippen LogP contribution in [-0.2, 0) is 16.8 Å². The summed E-state index contributed by atoms with van der Waals surface area (Å²) in [5.74, 6) is 0.564. The van der Waals surface area contributed by atoms with Crippen LogP contribution in [0.1, 0.15) is 30.2 Å². The molecule has 6 nitrogen and oxygen atoms in total. The molecule has 0 aliphatic carbocycles. The first-order valence-electron chi connectivity index (χ1n) is 9.13. The van der Waals surface area contributed by atoms with Crippen molar-refractivity contribution in [1.29, 1.82) is 0 Å². The minimum Gasteiger partial charge on any atom is -0.480 e. The van der Waals surface area contributed by atoms with Gasteiger partial charge in [0, 0.05) is 23.0 Å². The molecular formula is C21H21ClN2O4. The molecule has 3 aromatic rings. The molecule has 146 valence electrons. The van der Waals surface area contributed by atoms with Crippen LogP contribution in [0, 0.1) is 0 Å². The Labute approximate surface area is 168 Å². The van der Waals surface area contributed by atoms with Crippen molar-refractivity contribution >= 4 is 29.3 Å². The van der Waals surface area contributed by atoms with E-state index in [1.54, 1.807) is 0 Å². The van der Waals surface area contributed by atoms with E-state index in [-0.39, 0.29) is 19.2 Å². The van der Waals surface area contributed by atoms with Gasteiger partial charge in [-0.15, -0.1) is 12.4 Å². The van der Waals surface area contributed by atoms with Gasteiger partial charge >= 0.3 is 5.97 Å². The third-order valence-electron chi connectivity index (χ3n) is 5.76. The van der Waals surface area contributed by atoms with Crippen LogP contribution in [0.2, 0.25) is 0 Å². The second-order valence-electron chi connectivity index (χ2n) is 7.09. The molecule has 0 amide bonds. The summed E-state index contributed by atoms with van der Waals surface area (Å²) in [4.78, 5) is 15.5. The smallest absolute Gasteiger partial charge is 0.321 e. The maximum absolute atomic E-state index is 11.9. The van der Waals surface area contributed by atoms with Crippen molar-refractivity contribution in [1.82, 2.24) is 10.3 Å². The van der Waals surface area contributed by atoms with Gasteiger partial charge < -0.3 is 19.6 Å². The number of H-pyrrole nitrogens is 1. The summed E-state index contributed by atoms with van der Waals surface area (Å²) in [7, 11) is 0. The molecule has 7 heteroatoms. The fourth-order valence-corrected chi connectivity index (χ4v) is 4.42. The van der Waals surface area contributed by atoms with Crippen molar-refractivity contribution in [3.05, 3.63) is 59.3 Å². The maximum Gasteiger partial charge on any atom is 0.321 e. The molecule has 2 atom stereocenters. The topological polar surface area (TPSA) is 83.6 Å². The number of hydrogen-bond donors (Lipinski definition) is 3. The fourth-order valence-electron chi connectivity index (χ4n) is 4.42. The number of aliphatic carboxylic acids is 1. The first kappa shape index (κ1) is 18.7. The van der Waals surface area contributed by atoms with E-state index in [1.807, 2.05) is 36.4 Å². The molecule has 0 unspecified atom stereocenters. The second kappa shape index (κ2) is 6.72. The molecule has 0 bridgehead atoms. The fraction of sp³-hybridized carbons (Fsp3) is 0.286. The second-order valence-corrected chi connectivity index (χ2v) is 7.09. The van der Waals surface area contributed by atoms with Crippen LogP contribution in [0.25, 0.3) is 10.9 Å². The molecule has 0 spiro atoms. The third kappa shape index (κ3) is 2.56. The highest BCUT2D eigenvalue weighted by Crippen LogP contribution is 2.44. The number of hydrogen-bond acceptors (Lipinski definition) is 4. The number of nitrogens with one attached hydrogen (secondary N) is 2. The highest BCUT2D eigenvalue weighted by Gasteiger charge is 2.44. The number of rotatable bonds is 3. The Morgan fingerprint density at radius 2 is 2.00 bits per heavy atom. The molecule has 2 aromatic carbocycles. The van der Waals surface area contributed by atoms with E-state index < -0.39 is 17.6 Å². The van der Waals surface area contributed by atoms with Crippen LogP contribution in [0.15, 0.2) is 42.5 Å². The number of para-hydroxylation sites is 1. The first-order valence-corrected chi connectivity index (χ1v) is 9.13. The zero-order chi connectivity index (χ0) is 18.6.